The number of pyridine rings is 1. The maximum atomic E-state index is 5.31. The van der Waals surface area contributed by atoms with Crippen molar-refractivity contribution in [2.45, 2.75) is 0 Å². The molecule has 0 atom stereocenters. The van der Waals surface area contributed by atoms with Crippen LogP contribution < -0.4 is 9.64 Å². The fourth-order valence-corrected chi connectivity index (χ4v) is 2.02. The zero-order chi connectivity index (χ0) is 10.7. The summed E-state index contributed by atoms with van der Waals surface area (Å²) in [6.45, 7) is 3.54. The van der Waals surface area contributed by atoms with Gasteiger partial charge < -0.3 is 9.47 Å². The summed E-state index contributed by atoms with van der Waals surface area (Å²) in [6.07, 6.45) is 1.79. The van der Waals surface area contributed by atoms with Crippen LogP contribution in [0, 0.1) is 0 Å². The van der Waals surface area contributed by atoms with Crippen molar-refractivity contribution in [2.24, 2.45) is 0 Å². The molecular weight excluding hydrogens is 260 g/mol. The molecule has 1 aromatic heterocycles. The number of halogens is 1. The molecule has 0 unspecified atom stereocenters. The molecule has 1 saturated heterocycles. The van der Waals surface area contributed by atoms with Crippen LogP contribution in [0.2, 0.25) is 0 Å². The summed E-state index contributed by atoms with van der Waals surface area (Å²) in [5, 5.41) is 0. The lowest BCUT2D eigenvalue weighted by Crippen LogP contribution is -3.09. The molecule has 0 spiro atoms. The Kier molecular flexibility index (Phi) is 3.56. The van der Waals surface area contributed by atoms with Gasteiger partial charge in [0.15, 0.2) is 0 Å². The molecule has 0 bridgehead atoms. The van der Waals surface area contributed by atoms with Gasteiger partial charge in [0.1, 0.15) is 18.8 Å². The molecule has 1 aromatic rings. The first-order chi connectivity index (χ1) is 7.31. The van der Waals surface area contributed by atoms with Crippen molar-refractivity contribution >= 4 is 21.7 Å². The Morgan fingerprint density at radius 3 is 2.87 bits per heavy atom. The number of hydrogen-bond donors (Lipinski definition) is 1. The highest BCUT2D eigenvalue weighted by Crippen LogP contribution is 2.24. The van der Waals surface area contributed by atoms with Crippen molar-refractivity contribution in [3.63, 3.8) is 0 Å². The van der Waals surface area contributed by atoms with Crippen LogP contribution in [-0.2, 0) is 4.74 Å². The number of hydrogen-bond acceptors (Lipinski definition) is 3. The predicted octanol–water partition coefficient (Wildman–Crippen LogP) is 0.399. The number of nitrogens with one attached hydrogen (secondary N) is 1. The van der Waals surface area contributed by atoms with Crippen molar-refractivity contribution in [3.8, 4) is 5.75 Å². The Hall–Kier alpha value is -0.650. The average Bonchev–Trinajstić information content (AvgIpc) is 2.31. The first kappa shape index (κ1) is 10.9. The van der Waals surface area contributed by atoms with Crippen LogP contribution in [-0.4, -0.2) is 38.4 Å². The van der Waals surface area contributed by atoms with Crippen LogP contribution in [0.5, 0.6) is 5.75 Å². The highest BCUT2D eigenvalue weighted by Gasteiger charge is 2.19. The lowest BCUT2D eigenvalue weighted by molar-refractivity contribution is -0.844. The number of aromatic nitrogens is 1. The minimum absolute atomic E-state index is 0.801. The van der Waals surface area contributed by atoms with E-state index in [-0.39, 0.29) is 0 Å². The van der Waals surface area contributed by atoms with Gasteiger partial charge in [-0.25, -0.2) is 4.98 Å². The van der Waals surface area contributed by atoms with E-state index in [0.29, 0.717) is 0 Å². The maximum absolute atomic E-state index is 5.31. The Labute approximate surface area is 97.3 Å². The molecule has 0 saturated carbocycles. The first-order valence-electron chi connectivity index (χ1n) is 4.93. The molecule has 1 fully saturated rings. The van der Waals surface area contributed by atoms with E-state index in [1.54, 1.807) is 13.3 Å². The van der Waals surface area contributed by atoms with E-state index in [1.165, 1.54) is 4.90 Å². The van der Waals surface area contributed by atoms with Gasteiger partial charge in [0.05, 0.1) is 37.1 Å². The third-order valence-corrected chi connectivity index (χ3v) is 3.09. The number of nitrogens with zero attached hydrogens (tertiary/aromatic N) is 1. The van der Waals surface area contributed by atoms with E-state index in [0.717, 1.165) is 42.3 Å². The van der Waals surface area contributed by atoms with E-state index >= 15 is 0 Å². The molecule has 2 heterocycles. The van der Waals surface area contributed by atoms with E-state index in [9.17, 15) is 0 Å². The first-order valence-corrected chi connectivity index (χ1v) is 5.73. The van der Waals surface area contributed by atoms with Gasteiger partial charge in [-0.05, 0) is 15.9 Å². The number of quaternary nitrogens is 1. The van der Waals surface area contributed by atoms with Gasteiger partial charge in [-0.1, -0.05) is 0 Å². The van der Waals surface area contributed by atoms with Crippen molar-refractivity contribution in [1.82, 2.24) is 4.98 Å². The van der Waals surface area contributed by atoms with Crippen LogP contribution in [0.15, 0.2) is 16.7 Å². The molecule has 0 radical (unpaired) electrons. The molecule has 2 rings (SSSR count). The van der Waals surface area contributed by atoms with Crippen LogP contribution in [0.4, 0.5) is 5.82 Å². The van der Waals surface area contributed by atoms with E-state index < -0.39 is 0 Å². The van der Waals surface area contributed by atoms with Gasteiger partial charge in [-0.2, -0.15) is 0 Å². The molecule has 1 aliphatic rings. The molecule has 15 heavy (non-hydrogen) atoms. The summed E-state index contributed by atoms with van der Waals surface area (Å²) in [5.74, 6) is 1.86. The number of rotatable bonds is 2. The zero-order valence-electron chi connectivity index (χ0n) is 8.62. The van der Waals surface area contributed by atoms with Gasteiger partial charge in [0, 0.05) is 0 Å². The summed E-state index contributed by atoms with van der Waals surface area (Å²) in [5.41, 5.74) is 0. The van der Waals surface area contributed by atoms with Crippen LogP contribution in [0.25, 0.3) is 0 Å². The highest BCUT2D eigenvalue weighted by molar-refractivity contribution is 9.10. The molecule has 0 aromatic carbocycles. The molecule has 1 aliphatic heterocycles. The Balaban J connectivity index is 2.20. The van der Waals surface area contributed by atoms with Crippen molar-refractivity contribution in [1.29, 1.82) is 0 Å². The van der Waals surface area contributed by atoms with Gasteiger partial charge >= 0.3 is 0 Å². The zero-order valence-corrected chi connectivity index (χ0v) is 10.2. The van der Waals surface area contributed by atoms with Crippen molar-refractivity contribution in [2.75, 3.05) is 33.4 Å². The summed E-state index contributed by atoms with van der Waals surface area (Å²) >= 11 is 3.39. The van der Waals surface area contributed by atoms with E-state index in [2.05, 4.69) is 20.9 Å². The average molecular weight is 274 g/mol. The second kappa shape index (κ2) is 4.92. The largest absolute Gasteiger partial charge is 0.495 e. The molecule has 82 valence electrons. The third kappa shape index (κ3) is 2.48. The Morgan fingerprint density at radius 1 is 1.47 bits per heavy atom. The Morgan fingerprint density at radius 2 is 2.20 bits per heavy atom. The molecular formula is C10H14BrN2O2+. The summed E-state index contributed by atoms with van der Waals surface area (Å²) in [7, 11) is 1.67. The molecule has 0 aliphatic carbocycles. The normalized spacial score (nSPS) is 17.7. The van der Waals surface area contributed by atoms with Gasteiger partial charge in [0.2, 0.25) is 5.82 Å². The second-order valence-corrected chi connectivity index (χ2v) is 4.27. The van der Waals surface area contributed by atoms with Crippen LogP contribution >= 0.6 is 15.9 Å². The van der Waals surface area contributed by atoms with Crippen LogP contribution in [0.1, 0.15) is 0 Å². The predicted molar refractivity (Wildman–Crippen MR) is 59.7 cm³/mol. The topological polar surface area (TPSA) is 35.8 Å². The lowest BCUT2D eigenvalue weighted by Gasteiger charge is -2.22. The number of ether oxygens (including phenoxy) is 2. The number of morpholine rings is 1. The van der Waals surface area contributed by atoms with Crippen molar-refractivity contribution < 1.29 is 14.4 Å². The van der Waals surface area contributed by atoms with E-state index in [4.69, 9.17) is 9.47 Å². The molecule has 0 amide bonds. The Bertz CT molecular complexity index is 340. The number of methoxy groups -OCH3 is 1. The third-order valence-electron chi connectivity index (χ3n) is 2.50. The summed E-state index contributed by atoms with van der Waals surface area (Å²) in [6, 6.07) is 1.98. The molecule has 4 nitrogen and oxygen atoms in total. The molecule has 5 heteroatoms. The smallest absolute Gasteiger partial charge is 0.229 e. The minimum atomic E-state index is 0.801. The molecule has 1 N–H and O–H groups in total. The fourth-order valence-electron chi connectivity index (χ4n) is 1.64. The highest BCUT2D eigenvalue weighted by atomic mass is 79.9. The maximum Gasteiger partial charge on any atom is 0.229 e. The summed E-state index contributed by atoms with van der Waals surface area (Å²) < 4.78 is 11.4. The summed E-state index contributed by atoms with van der Waals surface area (Å²) in [4.78, 5) is 5.74. The fraction of sp³-hybridized carbons (Fsp3) is 0.500. The standard InChI is InChI=1S/C10H13BrN2O2/c1-14-9-6-10(12-7-8(9)11)13-2-4-15-5-3-13/h6-7H,2-5H2,1H3/p+1. The second-order valence-electron chi connectivity index (χ2n) is 3.42. The minimum Gasteiger partial charge on any atom is -0.495 e. The van der Waals surface area contributed by atoms with Crippen LogP contribution in [0.3, 0.4) is 0 Å². The van der Waals surface area contributed by atoms with Gasteiger partial charge in [0.25, 0.3) is 0 Å². The van der Waals surface area contributed by atoms with Gasteiger partial charge in [-0.15, -0.1) is 0 Å². The van der Waals surface area contributed by atoms with E-state index in [1.807, 2.05) is 6.07 Å². The lowest BCUT2D eigenvalue weighted by atomic mass is 10.3. The van der Waals surface area contributed by atoms with Gasteiger partial charge in [-0.3, -0.25) is 4.90 Å². The SMILES string of the molecule is COc1cc([NH+]2CCOCC2)ncc1Br. The monoisotopic (exact) mass is 273 g/mol. The quantitative estimate of drug-likeness (QED) is 0.848. The van der Waals surface area contributed by atoms with Crippen molar-refractivity contribution in [3.05, 3.63) is 16.7 Å².